The Labute approximate surface area is 112 Å². The molecule has 0 amide bonds. The van der Waals surface area contributed by atoms with E-state index in [-0.39, 0.29) is 0 Å². The van der Waals surface area contributed by atoms with Crippen molar-refractivity contribution < 1.29 is 9.47 Å². The van der Waals surface area contributed by atoms with Gasteiger partial charge in [0.1, 0.15) is 18.2 Å². The fourth-order valence-electron chi connectivity index (χ4n) is 2.14. The average molecular weight is 267 g/mol. The Kier molecular flexibility index (Phi) is 4.89. The van der Waals surface area contributed by atoms with E-state index in [9.17, 15) is 0 Å². The predicted octanol–water partition coefficient (Wildman–Crippen LogP) is 0.745. The van der Waals surface area contributed by atoms with E-state index in [2.05, 4.69) is 27.6 Å². The molecule has 4 N–H and O–H groups in total. The molecule has 2 heterocycles. The summed E-state index contributed by atoms with van der Waals surface area (Å²) >= 11 is 0. The van der Waals surface area contributed by atoms with E-state index in [4.69, 9.17) is 15.3 Å². The SMILES string of the molecule is COCc1nc(NN)cc(NC(C)C2CCOC2)n1. The molecule has 0 spiro atoms. The molecule has 2 unspecified atom stereocenters. The molecule has 2 rings (SSSR count). The highest BCUT2D eigenvalue weighted by molar-refractivity contribution is 5.47. The maximum absolute atomic E-state index is 5.41. The number of hydrazine groups is 1. The molecule has 1 aromatic rings. The normalized spacial score (nSPS) is 20.3. The fraction of sp³-hybridized carbons (Fsp3) is 0.667. The molecular weight excluding hydrogens is 246 g/mol. The fourth-order valence-corrected chi connectivity index (χ4v) is 2.14. The molecule has 2 atom stereocenters. The summed E-state index contributed by atoms with van der Waals surface area (Å²) in [5, 5.41) is 3.38. The average Bonchev–Trinajstić information content (AvgIpc) is 2.92. The number of rotatable bonds is 6. The van der Waals surface area contributed by atoms with Gasteiger partial charge in [0.2, 0.25) is 0 Å². The maximum Gasteiger partial charge on any atom is 0.158 e. The van der Waals surface area contributed by atoms with Crippen molar-refractivity contribution in [3.8, 4) is 0 Å². The van der Waals surface area contributed by atoms with E-state index in [1.54, 1.807) is 13.2 Å². The molecule has 1 fully saturated rings. The monoisotopic (exact) mass is 267 g/mol. The van der Waals surface area contributed by atoms with Crippen LogP contribution in [0.1, 0.15) is 19.2 Å². The number of nitrogens with two attached hydrogens (primary N) is 1. The van der Waals surface area contributed by atoms with Gasteiger partial charge in [-0.1, -0.05) is 0 Å². The molecule has 7 heteroatoms. The number of ether oxygens (including phenoxy) is 2. The second-order valence-electron chi connectivity index (χ2n) is 4.69. The van der Waals surface area contributed by atoms with Crippen LogP contribution in [0.2, 0.25) is 0 Å². The molecule has 19 heavy (non-hydrogen) atoms. The highest BCUT2D eigenvalue weighted by Crippen LogP contribution is 2.20. The first-order valence-corrected chi connectivity index (χ1v) is 6.40. The third-order valence-electron chi connectivity index (χ3n) is 3.24. The van der Waals surface area contributed by atoms with Crippen LogP contribution in [-0.2, 0) is 16.1 Å². The van der Waals surface area contributed by atoms with Crippen LogP contribution in [0.25, 0.3) is 0 Å². The number of methoxy groups -OCH3 is 1. The lowest BCUT2D eigenvalue weighted by atomic mass is 10.0. The molecular formula is C12H21N5O2. The van der Waals surface area contributed by atoms with Crippen molar-refractivity contribution in [2.24, 2.45) is 11.8 Å². The van der Waals surface area contributed by atoms with Crippen LogP contribution in [0, 0.1) is 5.92 Å². The van der Waals surface area contributed by atoms with Crippen LogP contribution in [0.15, 0.2) is 6.07 Å². The van der Waals surface area contributed by atoms with Gasteiger partial charge in [0.15, 0.2) is 5.82 Å². The minimum Gasteiger partial charge on any atom is -0.381 e. The van der Waals surface area contributed by atoms with Gasteiger partial charge in [-0.15, -0.1) is 0 Å². The second-order valence-corrected chi connectivity index (χ2v) is 4.69. The molecule has 0 aromatic carbocycles. The Morgan fingerprint density at radius 3 is 2.95 bits per heavy atom. The number of anilines is 2. The summed E-state index contributed by atoms with van der Waals surface area (Å²) < 4.78 is 10.4. The van der Waals surface area contributed by atoms with E-state index >= 15 is 0 Å². The van der Waals surface area contributed by atoms with Gasteiger partial charge in [0.05, 0.1) is 6.61 Å². The lowest BCUT2D eigenvalue weighted by Gasteiger charge is -2.20. The number of nitrogens with zero attached hydrogens (tertiary/aromatic N) is 2. The third kappa shape index (κ3) is 3.76. The molecule has 0 bridgehead atoms. The summed E-state index contributed by atoms with van der Waals surface area (Å²) in [7, 11) is 1.61. The maximum atomic E-state index is 5.41. The Bertz CT molecular complexity index is 409. The molecule has 0 aliphatic carbocycles. The Morgan fingerprint density at radius 2 is 2.32 bits per heavy atom. The van der Waals surface area contributed by atoms with E-state index < -0.39 is 0 Å². The Morgan fingerprint density at radius 1 is 1.53 bits per heavy atom. The molecule has 1 saturated heterocycles. The van der Waals surface area contributed by atoms with E-state index in [0.29, 0.717) is 30.2 Å². The number of aromatic nitrogens is 2. The predicted molar refractivity (Wildman–Crippen MR) is 72.6 cm³/mol. The topological polar surface area (TPSA) is 94.3 Å². The van der Waals surface area contributed by atoms with Gasteiger partial charge in [-0.3, -0.25) is 0 Å². The van der Waals surface area contributed by atoms with Crippen LogP contribution < -0.4 is 16.6 Å². The van der Waals surface area contributed by atoms with E-state index in [0.717, 1.165) is 25.5 Å². The number of hydrogen-bond acceptors (Lipinski definition) is 7. The standard InChI is InChI=1S/C12H21N5O2/c1-8(9-3-4-19-6-9)14-10-5-11(17-13)16-12(15-10)7-18-2/h5,8-9H,3-4,6-7,13H2,1-2H3,(H2,14,15,16,17). The minimum atomic E-state index is 0.290. The third-order valence-corrected chi connectivity index (χ3v) is 3.24. The summed E-state index contributed by atoms with van der Waals surface area (Å²) in [4.78, 5) is 8.61. The first kappa shape index (κ1) is 14.0. The lowest BCUT2D eigenvalue weighted by molar-refractivity contribution is 0.178. The highest BCUT2D eigenvalue weighted by atomic mass is 16.5. The van der Waals surface area contributed by atoms with Gasteiger partial charge >= 0.3 is 0 Å². The molecule has 0 radical (unpaired) electrons. The van der Waals surface area contributed by atoms with Crippen LogP contribution in [0.5, 0.6) is 0 Å². The summed E-state index contributed by atoms with van der Waals surface area (Å²) in [5.41, 5.74) is 2.54. The largest absolute Gasteiger partial charge is 0.381 e. The highest BCUT2D eigenvalue weighted by Gasteiger charge is 2.22. The van der Waals surface area contributed by atoms with Crippen molar-refractivity contribution in [2.45, 2.75) is 26.0 Å². The second kappa shape index (κ2) is 6.65. The quantitative estimate of drug-likeness (QED) is 0.517. The zero-order chi connectivity index (χ0) is 13.7. The van der Waals surface area contributed by atoms with Gasteiger partial charge in [-0.25, -0.2) is 15.8 Å². The van der Waals surface area contributed by atoms with Gasteiger partial charge in [0.25, 0.3) is 0 Å². The summed E-state index contributed by atoms with van der Waals surface area (Å²) in [6.07, 6.45) is 1.08. The van der Waals surface area contributed by atoms with Crippen LogP contribution in [0.3, 0.4) is 0 Å². The molecule has 1 aliphatic heterocycles. The zero-order valence-corrected chi connectivity index (χ0v) is 11.3. The minimum absolute atomic E-state index is 0.290. The first-order chi connectivity index (χ1) is 9.22. The Hall–Kier alpha value is -1.44. The van der Waals surface area contributed by atoms with Crippen molar-refractivity contribution in [3.63, 3.8) is 0 Å². The van der Waals surface area contributed by atoms with Crippen molar-refractivity contribution in [2.75, 3.05) is 31.1 Å². The Balaban J connectivity index is 2.07. The van der Waals surface area contributed by atoms with Gasteiger partial charge in [-0.2, -0.15) is 0 Å². The number of nitrogen functional groups attached to an aromatic ring is 1. The lowest BCUT2D eigenvalue weighted by Crippen LogP contribution is -2.27. The molecule has 1 aromatic heterocycles. The van der Waals surface area contributed by atoms with Crippen LogP contribution in [-0.4, -0.2) is 36.3 Å². The van der Waals surface area contributed by atoms with Gasteiger partial charge in [0, 0.05) is 31.7 Å². The van der Waals surface area contributed by atoms with Crippen molar-refractivity contribution in [1.82, 2.24) is 9.97 Å². The number of nitrogens with one attached hydrogen (secondary N) is 2. The molecule has 7 nitrogen and oxygen atoms in total. The first-order valence-electron chi connectivity index (χ1n) is 6.40. The molecule has 106 valence electrons. The summed E-state index contributed by atoms with van der Waals surface area (Å²) in [6.45, 7) is 4.12. The number of hydrogen-bond donors (Lipinski definition) is 3. The van der Waals surface area contributed by atoms with Crippen molar-refractivity contribution in [1.29, 1.82) is 0 Å². The van der Waals surface area contributed by atoms with Crippen molar-refractivity contribution >= 4 is 11.6 Å². The van der Waals surface area contributed by atoms with Gasteiger partial charge < -0.3 is 20.2 Å². The smallest absolute Gasteiger partial charge is 0.158 e. The van der Waals surface area contributed by atoms with Crippen molar-refractivity contribution in [3.05, 3.63) is 11.9 Å². The van der Waals surface area contributed by atoms with Gasteiger partial charge in [-0.05, 0) is 13.3 Å². The zero-order valence-electron chi connectivity index (χ0n) is 11.3. The van der Waals surface area contributed by atoms with Crippen LogP contribution in [0.4, 0.5) is 11.6 Å². The van der Waals surface area contributed by atoms with E-state index in [1.807, 2.05) is 0 Å². The van der Waals surface area contributed by atoms with E-state index in [1.165, 1.54) is 0 Å². The summed E-state index contributed by atoms with van der Waals surface area (Å²) in [5.74, 6) is 7.82. The van der Waals surface area contributed by atoms with Crippen LogP contribution >= 0.6 is 0 Å². The summed E-state index contributed by atoms with van der Waals surface area (Å²) in [6, 6.07) is 2.07. The molecule has 1 aliphatic rings. The molecule has 0 saturated carbocycles.